The third-order valence-electron chi connectivity index (χ3n) is 12.5. The van der Waals surface area contributed by atoms with Crippen LogP contribution in [0.2, 0.25) is 0 Å². The number of anilines is 6. The minimum atomic E-state index is -0.302. The molecule has 2 nitrogen and oxygen atoms in total. The molecule has 0 atom stereocenters. The molecule has 0 aromatic heterocycles. The average Bonchev–Trinajstić information content (AvgIpc) is 3.36. The van der Waals surface area contributed by atoms with Crippen LogP contribution in [0.3, 0.4) is 0 Å². The highest BCUT2D eigenvalue weighted by Gasteiger charge is 2.39. The lowest BCUT2D eigenvalue weighted by molar-refractivity contribution is 0.653. The van der Waals surface area contributed by atoms with E-state index in [1.165, 1.54) is 59.8 Å². The number of nitrogens with zero attached hydrogens (tertiary/aromatic N) is 2. The molecule has 0 bridgehead atoms. The molecule has 11 rings (SSSR count). The molecular weight excluding hydrogens is 699 g/mol. The van der Waals surface area contributed by atoms with Gasteiger partial charge in [-0.15, -0.1) is 0 Å². The third-order valence-corrected chi connectivity index (χ3v) is 12.5. The van der Waals surface area contributed by atoms with Gasteiger partial charge in [-0.3, -0.25) is 0 Å². The summed E-state index contributed by atoms with van der Waals surface area (Å²) in [6, 6.07) is 78.2. The maximum Gasteiger partial charge on any atom is 0.242 e. The molecule has 1 heterocycles. The Balaban J connectivity index is 1.35. The van der Waals surface area contributed by atoms with E-state index < -0.39 is 0 Å². The van der Waals surface area contributed by atoms with Crippen LogP contribution in [0.1, 0.15) is 25.0 Å². The van der Waals surface area contributed by atoms with Crippen LogP contribution >= 0.6 is 0 Å². The smallest absolute Gasteiger partial charge is 0.242 e. The Morgan fingerprint density at radius 1 is 0.362 bits per heavy atom. The van der Waals surface area contributed by atoms with Crippen LogP contribution in [-0.4, -0.2) is 6.71 Å². The van der Waals surface area contributed by atoms with Crippen molar-refractivity contribution in [2.45, 2.75) is 19.3 Å². The molecule has 3 heteroatoms. The molecular formula is C55H41BN2. The average molecular weight is 741 g/mol. The molecule has 0 N–H and O–H groups in total. The van der Waals surface area contributed by atoms with Crippen molar-refractivity contribution in [1.29, 1.82) is 0 Å². The first-order valence-electron chi connectivity index (χ1n) is 20.3. The van der Waals surface area contributed by atoms with Gasteiger partial charge in [-0.2, -0.15) is 0 Å². The summed E-state index contributed by atoms with van der Waals surface area (Å²) in [6.45, 7) is 4.95. The minimum Gasteiger partial charge on any atom is -0.310 e. The minimum absolute atomic E-state index is 0.0803. The highest BCUT2D eigenvalue weighted by Crippen LogP contribution is 2.52. The number of para-hydroxylation sites is 4. The summed E-state index contributed by atoms with van der Waals surface area (Å²) in [7, 11) is 0. The summed E-state index contributed by atoms with van der Waals surface area (Å²) >= 11 is 0. The van der Waals surface area contributed by atoms with Crippen LogP contribution in [0.5, 0.6) is 0 Å². The first kappa shape index (κ1) is 34.2. The lowest BCUT2D eigenvalue weighted by atomic mass is 9.36. The first-order chi connectivity index (χ1) is 28.6. The van der Waals surface area contributed by atoms with E-state index >= 15 is 0 Å². The van der Waals surface area contributed by atoms with Crippen LogP contribution in [0, 0.1) is 0 Å². The maximum atomic E-state index is 2.56. The zero-order valence-corrected chi connectivity index (χ0v) is 32.7. The summed E-state index contributed by atoms with van der Waals surface area (Å²) in [5, 5.41) is 7.70. The van der Waals surface area contributed by atoms with Crippen LogP contribution in [0.15, 0.2) is 212 Å². The predicted molar refractivity (Wildman–Crippen MR) is 249 cm³/mol. The molecule has 0 unspecified atom stereocenters. The number of benzene rings is 10. The van der Waals surface area contributed by atoms with E-state index in [0.29, 0.717) is 0 Å². The molecule has 0 saturated heterocycles. The second kappa shape index (κ2) is 13.5. The Morgan fingerprint density at radius 3 is 1.38 bits per heavy atom. The zero-order chi connectivity index (χ0) is 38.8. The number of fused-ring (bicyclic) bond motifs is 1. The molecule has 10 aromatic carbocycles. The standard InChI is InChI=1S/C55H41BN2/c1-55(2)46-30-18-19-31-48(46)56(39-20-8-3-9-21-39)49-35-33-38-32-34-44-50(57(40-22-10-4-11-23-40)41-24-12-5-13-25-41)37-51(45-36-47(55)54(49)52(38)53(44)45)58(42-26-14-6-15-27-42)43-28-16-7-17-29-43/h3-37H,1-2H3. The molecule has 0 spiro atoms. The largest absolute Gasteiger partial charge is 0.310 e. The first-order valence-corrected chi connectivity index (χ1v) is 20.3. The van der Waals surface area contributed by atoms with E-state index in [9.17, 15) is 0 Å². The monoisotopic (exact) mass is 740 g/mol. The van der Waals surface area contributed by atoms with E-state index in [-0.39, 0.29) is 12.1 Å². The fourth-order valence-electron chi connectivity index (χ4n) is 9.89. The molecule has 0 saturated carbocycles. The highest BCUT2D eigenvalue weighted by atomic mass is 15.2. The number of hydrogen-bond donors (Lipinski definition) is 0. The zero-order valence-electron chi connectivity index (χ0n) is 32.7. The van der Waals surface area contributed by atoms with Gasteiger partial charge in [0, 0.05) is 44.3 Å². The van der Waals surface area contributed by atoms with Gasteiger partial charge in [0.05, 0.1) is 11.4 Å². The quantitative estimate of drug-likeness (QED) is 0.119. The van der Waals surface area contributed by atoms with E-state index in [2.05, 4.69) is 236 Å². The van der Waals surface area contributed by atoms with Gasteiger partial charge < -0.3 is 9.80 Å². The summed E-state index contributed by atoms with van der Waals surface area (Å²) in [6.07, 6.45) is 0. The van der Waals surface area contributed by atoms with E-state index in [4.69, 9.17) is 0 Å². The van der Waals surface area contributed by atoms with Gasteiger partial charge in [0.1, 0.15) is 0 Å². The Bertz CT molecular complexity index is 3000. The molecule has 0 aliphatic carbocycles. The summed E-state index contributed by atoms with van der Waals surface area (Å²) in [5.74, 6) is 0. The van der Waals surface area contributed by atoms with Crippen molar-refractivity contribution in [2.24, 2.45) is 0 Å². The van der Waals surface area contributed by atoms with Gasteiger partial charge in [0.2, 0.25) is 6.71 Å². The van der Waals surface area contributed by atoms with Gasteiger partial charge in [-0.25, -0.2) is 0 Å². The Kier molecular flexibility index (Phi) is 7.98. The van der Waals surface area contributed by atoms with Crippen molar-refractivity contribution >= 4 is 89.5 Å². The third kappa shape index (κ3) is 5.27. The van der Waals surface area contributed by atoms with Crippen molar-refractivity contribution in [3.63, 3.8) is 0 Å². The lowest BCUT2D eigenvalue weighted by Gasteiger charge is -2.34. The molecule has 10 aromatic rings. The van der Waals surface area contributed by atoms with Crippen molar-refractivity contribution in [1.82, 2.24) is 0 Å². The fraction of sp³-hybridized carbons (Fsp3) is 0.0545. The number of hydrogen-bond acceptors (Lipinski definition) is 2. The van der Waals surface area contributed by atoms with E-state index in [1.807, 2.05) is 0 Å². The van der Waals surface area contributed by atoms with E-state index in [1.54, 1.807) is 0 Å². The van der Waals surface area contributed by atoms with Gasteiger partial charge in [0.25, 0.3) is 0 Å². The summed E-state index contributed by atoms with van der Waals surface area (Å²) in [5.41, 5.74) is 13.2. The van der Waals surface area contributed by atoms with Crippen molar-refractivity contribution in [3.05, 3.63) is 223 Å². The SMILES string of the molecule is CC1(C)c2ccccc2B(c2ccccc2)c2ccc3ccc4c(N(c5ccccc5)c5ccccc5)cc(N(c5ccccc5)c5ccccc5)c5cc1c2c3c45. The van der Waals surface area contributed by atoms with E-state index in [0.717, 1.165) is 34.1 Å². The molecule has 0 fully saturated rings. The topological polar surface area (TPSA) is 6.48 Å². The molecule has 58 heavy (non-hydrogen) atoms. The second-order valence-electron chi connectivity index (χ2n) is 16.1. The van der Waals surface area contributed by atoms with Crippen LogP contribution in [0.25, 0.3) is 32.3 Å². The van der Waals surface area contributed by atoms with Gasteiger partial charge in [-0.05, 0) is 87.9 Å². The summed E-state index contributed by atoms with van der Waals surface area (Å²) < 4.78 is 0. The van der Waals surface area contributed by atoms with Crippen molar-refractivity contribution in [3.8, 4) is 0 Å². The Morgan fingerprint density at radius 2 is 0.828 bits per heavy atom. The normalized spacial score (nSPS) is 13.1. The second-order valence-corrected chi connectivity index (χ2v) is 16.1. The van der Waals surface area contributed by atoms with Gasteiger partial charge in [-0.1, -0.05) is 182 Å². The molecule has 1 aliphatic heterocycles. The highest BCUT2D eigenvalue weighted by molar-refractivity contribution is 6.97. The van der Waals surface area contributed by atoms with Gasteiger partial charge >= 0.3 is 0 Å². The van der Waals surface area contributed by atoms with Crippen molar-refractivity contribution < 1.29 is 0 Å². The number of rotatable bonds is 7. The summed E-state index contributed by atoms with van der Waals surface area (Å²) in [4.78, 5) is 4.90. The predicted octanol–water partition coefficient (Wildman–Crippen LogP) is 12.7. The molecule has 0 amide bonds. The lowest BCUT2D eigenvalue weighted by Crippen LogP contribution is -2.53. The van der Waals surface area contributed by atoms with Crippen LogP contribution < -0.4 is 26.2 Å². The molecule has 0 radical (unpaired) electrons. The van der Waals surface area contributed by atoms with Gasteiger partial charge in [0.15, 0.2) is 0 Å². The van der Waals surface area contributed by atoms with Crippen molar-refractivity contribution in [2.75, 3.05) is 9.80 Å². The van der Waals surface area contributed by atoms with Crippen LogP contribution in [-0.2, 0) is 5.41 Å². The van der Waals surface area contributed by atoms with Crippen LogP contribution in [0.4, 0.5) is 34.1 Å². The Labute approximate surface area is 340 Å². The fourth-order valence-corrected chi connectivity index (χ4v) is 9.89. The maximum absolute atomic E-state index is 2.56. The molecule has 274 valence electrons. The Hall–Kier alpha value is -7.10. The molecule has 1 aliphatic rings.